The molecule has 2 aliphatic rings. The molecule has 2 atom stereocenters. The van der Waals surface area contributed by atoms with Crippen molar-refractivity contribution in [1.82, 2.24) is 28.9 Å². The molecule has 2 aromatic carbocycles. The Bertz CT molecular complexity index is 1970. The number of fused-ring (bicyclic) bond motifs is 2. The minimum Gasteiger partial charge on any atom is -0.494 e. The van der Waals surface area contributed by atoms with E-state index < -0.39 is 12.2 Å². The number of hydrogen-bond donors (Lipinski definition) is 1. The first-order chi connectivity index (χ1) is 22.1. The molecule has 1 aliphatic heterocycles. The van der Waals surface area contributed by atoms with Gasteiger partial charge in [0.05, 0.1) is 24.9 Å². The summed E-state index contributed by atoms with van der Waals surface area (Å²) in [5, 5.41) is 1.09. The third kappa shape index (κ3) is 5.38. The van der Waals surface area contributed by atoms with Crippen molar-refractivity contribution in [1.29, 1.82) is 0 Å². The third-order valence-corrected chi connectivity index (χ3v) is 9.11. The summed E-state index contributed by atoms with van der Waals surface area (Å²) in [5.74, 6) is 1.46. The summed E-state index contributed by atoms with van der Waals surface area (Å²) < 4.78 is 24.4. The number of benzene rings is 2. The maximum absolute atomic E-state index is 14.3. The van der Waals surface area contributed by atoms with Gasteiger partial charge in [0, 0.05) is 68.5 Å². The van der Waals surface area contributed by atoms with E-state index in [4.69, 9.17) is 15.5 Å². The van der Waals surface area contributed by atoms with Crippen LogP contribution in [0.5, 0.6) is 5.75 Å². The highest BCUT2D eigenvalue weighted by Crippen LogP contribution is 2.39. The molecule has 2 N–H and O–H groups in total. The van der Waals surface area contributed by atoms with E-state index in [0.717, 1.165) is 45.6 Å². The highest BCUT2D eigenvalue weighted by Gasteiger charge is 2.30. The molecular formula is C35H38FN7O3. The van der Waals surface area contributed by atoms with E-state index in [1.807, 2.05) is 17.7 Å². The minimum atomic E-state index is -1.14. The summed E-state index contributed by atoms with van der Waals surface area (Å²) in [4.78, 5) is 38.3. The van der Waals surface area contributed by atoms with Gasteiger partial charge in [0.15, 0.2) is 5.82 Å². The summed E-state index contributed by atoms with van der Waals surface area (Å²) in [6.07, 6.45) is 3.23. The van der Waals surface area contributed by atoms with Crippen LogP contribution < -0.4 is 10.5 Å². The number of halogens is 1. The summed E-state index contributed by atoms with van der Waals surface area (Å²) >= 11 is 0. The third-order valence-electron chi connectivity index (χ3n) is 9.11. The number of carbonyl (C=O) groups is 2. The van der Waals surface area contributed by atoms with Crippen molar-refractivity contribution in [3.63, 3.8) is 0 Å². The van der Waals surface area contributed by atoms with Gasteiger partial charge in [0.25, 0.3) is 11.8 Å². The molecule has 2 amide bonds. The number of likely N-dealkylation sites (tertiary alicyclic amines) is 1. The number of amides is 2. The lowest BCUT2D eigenvalue weighted by molar-refractivity contribution is 0.0606. The monoisotopic (exact) mass is 623 g/mol. The Morgan fingerprint density at radius 1 is 1.07 bits per heavy atom. The number of piperidine rings is 1. The second kappa shape index (κ2) is 11.5. The Morgan fingerprint density at radius 3 is 2.52 bits per heavy atom. The molecule has 46 heavy (non-hydrogen) atoms. The molecule has 5 aromatic rings. The zero-order valence-corrected chi connectivity index (χ0v) is 26.5. The first-order valence-corrected chi connectivity index (χ1v) is 15.7. The lowest BCUT2D eigenvalue weighted by atomic mass is 10.0. The summed E-state index contributed by atoms with van der Waals surface area (Å²) in [7, 11) is 6.96. The van der Waals surface area contributed by atoms with Crippen molar-refractivity contribution < 1.29 is 18.7 Å². The topological polar surface area (TPSA) is 112 Å². The number of carbonyl (C=O) groups excluding carboxylic acids is 2. The van der Waals surface area contributed by atoms with Crippen molar-refractivity contribution >= 4 is 33.8 Å². The summed E-state index contributed by atoms with van der Waals surface area (Å²) in [6, 6.07) is 15.3. The first kappa shape index (κ1) is 29.9. The Morgan fingerprint density at radius 2 is 1.85 bits per heavy atom. The molecule has 4 heterocycles. The fourth-order valence-electron chi connectivity index (χ4n) is 6.54. The van der Waals surface area contributed by atoms with E-state index in [1.54, 1.807) is 45.6 Å². The van der Waals surface area contributed by atoms with Crippen LogP contribution in [0.15, 0.2) is 54.7 Å². The maximum Gasteiger partial charge on any atom is 0.271 e. The summed E-state index contributed by atoms with van der Waals surface area (Å²) in [5.41, 5.74) is 12.2. The maximum atomic E-state index is 14.3. The molecule has 10 nitrogen and oxygen atoms in total. The van der Waals surface area contributed by atoms with Crippen molar-refractivity contribution in [2.24, 2.45) is 18.7 Å². The normalized spacial score (nSPS) is 18.3. The van der Waals surface area contributed by atoms with Gasteiger partial charge in [-0.3, -0.25) is 14.6 Å². The van der Waals surface area contributed by atoms with E-state index in [1.165, 1.54) is 22.6 Å². The predicted octanol–water partition coefficient (Wildman–Crippen LogP) is 4.89. The minimum absolute atomic E-state index is 0.0258. The van der Waals surface area contributed by atoms with E-state index in [0.29, 0.717) is 35.0 Å². The van der Waals surface area contributed by atoms with Crippen LogP contribution >= 0.6 is 0 Å². The standard InChI is InChI=1S/C35H38FN7O3/c1-40(2)35(45)27-10-9-23(16-38-27)21-7-8-22-13-30(43(29(22)12-21)17-20-5-6-20)33-39-28-11-24(14-31(46-4)32(28)41(33)3)34(44)42-18-25(36)15-26(37)19-42/h7-14,16,20,25-26H,5-6,15,17-19,37H2,1-4H3/t25-,26-/m1/s1. The van der Waals surface area contributed by atoms with Crippen molar-refractivity contribution in [3.05, 3.63) is 66.0 Å². The number of nitrogens with two attached hydrogens (primary N) is 1. The molecule has 238 valence electrons. The van der Waals surface area contributed by atoms with Crippen molar-refractivity contribution in [2.45, 2.75) is 38.0 Å². The van der Waals surface area contributed by atoms with Gasteiger partial charge in [-0.2, -0.15) is 0 Å². The van der Waals surface area contributed by atoms with Gasteiger partial charge >= 0.3 is 0 Å². The number of pyridine rings is 1. The average Bonchev–Trinajstić information content (AvgIpc) is 3.72. The van der Waals surface area contributed by atoms with Crippen LogP contribution in [0.4, 0.5) is 4.39 Å². The number of alkyl halides is 1. The largest absolute Gasteiger partial charge is 0.494 e. The van der Waals surface area contributed by atoms with Crippen molar-refractivity contribution in [2.75, 3.05) is 34.3 Å². The number of methoxy groups -OCH3 is 1. The number of ether oxygens (including phenoxy) is 1. The zero-order valence-electron chi connectivity index (χ0n) is 26.5. The Kier molecular flexibility index (Phi) is 7.51. The van der Waals surface area contributed by atoms with Crippen LogP contribution in [0.2, 0.25) is 0 Å². The molecule has 0 radical (unpaired) electrons. The summed E-state index contributed by atoms with van der Waals surface area (Å²) in [6.45, 7) is 1.20. The number of imidazole rings is 1. The van der Waals surface area contributed by atoms with Crippen LogP contribution in [0.1, 0.15) is 40.1 Å². The zero-order chi connectivity index (χ0) is 32.3. The molecular weight excluding hydrogens is 585 g/mol. The Labute approximate surface area is 266 Å². The molecule has 1 aliphatic carbocycles. The van der Waals surface area contributed by atoms with Crippen LogP contribution in [0.25, 0.3) is 44.6 Å². The van der Waals surface area contributed by atoms with Gasteiger partial charge in [-0.05, 0) is 61.1 Å². The molecule has 1 saturated heterocycles. The fraction of sp³-hybridized carbons (Fsp3) is 0.371. The second-order valence-electron chi connectivity index (χ2n) is 12.8. The Balaban J connectivity index is 1.30. The number of hydrogen-bond acceptors (Lipinski definition) is 6. The molecule has 1 saturated carbocycles. The lowest BCUT2D eigenvalue weighted by Crippen LogP contribution is -2.50. The van der Waals surface area contributed by atoms with Gasteiger partial charge in [-0.25, -0.2) is 9.37 Å². The highest BCUT2D eigenvalue weighted by atomic mass is 19.1. The molecule has 7 rings (SSSR count). The Hall–Kier alpha value is -4.77. The van der Waals surface area contributed by atoms with E-state index in [-0.39, 0.29) is 24.8 Å². The molecule has 0 spiro atoms. The van der Waals surface area contributed by atoms with Crippen LogP contribution in [-0.2, 0) is 13.6 Å². The predicted molar refractivity (Wildman–Crippen MR) is 176 cm³/mol. The number of aromatic nitrogens is 4. The molecule has 3 aromatic heterocycles. The van der Waals surface area contributed by atoms with E-state index in [2.05, 4.69) is 33.8 Å². The number of rotatable bonds is 7. The molecule has 11 heteroatoms. The van der Waals surface area contributed by atoms with E-state index >= 15 is 0 Å². The molecule has 0 unspecified atom stereocenters. The van der Waals surface area contributed by atoms with Crippen LogP contribution in [0.3, 0.4) is 0 Å². The number of nitrogens with zero attached hydrogens (tertiary/aromatic N) is 6. The highest BCUT2D eigenvalue weighted by molar-refractivity contribution is 6.00. The smallest absolute Gasteiger partial charge is 0.271 e. The second-order valence-corrected chi connectivity index (χ2v) is 12.8. The van der Waals surface area contributed by atoms with Gasteiger partial charge in [0.1, 0.15) is 23.1 Å². The quantitative estimate of drug-likeness (QED) is 0.277. The van der Waals surface area contributed by atoms with Crippen LogP contribution in [0, 0.1) is 5.92 Å². The average molecular weight is 624 g/mol. The van der Waals surface area contributed by atoms with Crippen LogP contribution in [-0.4, -0.2) is 87.2 Å². The molecule has 2 fully saturated rings. The first-order valence-electron chi connectivity index (χ1n) is 15.7. The lowest BCUT2D eigenvalue weighted by Gasteiger charge is -2.33. The molecule has 0 bridgehead atoms. The van der Waals surface area contributed by atoms with E-state index in [9.17, 15) is 14.0 Å². The van der Waals surface area contributed by atoms with Gasteiger partial charge in [0.2, 0.25) is 0 Å². The fourth-order valence-corrected chi connectivity index (χ4v) is 6.54. The SMILES string of the molecule is COc1cc(C(=O)N2C[C@H](N)C[C@@H](F)C2)cc2nc(-c3cc4ccc(-c5ccc(C(=O)N(C)C)nc5)cc4n3CC3CC3)n(C)c12. The van der Waals surface area contributed by atoms with Gasteiger partial charge in [-0.15, -0.1) is 0 Å². The van der Waals surface area contributed by atoms with Crippen molar-refractivity contribution in [3.8, 4) is 28.4 Å². The number of aryl methyl sites for hydroxylation is 1. The van der Waals surface area contributed by atoms with Gasteiger partial charge < -0.3 is 29.4 Å². The van der Waals surface area contributed by atoms with Gasteiger partial charge in [-0.1, -0.05) is 18.2 Å².